The maximum Gasteiger partial charge on any atom is 0.313 e. The third-order valence-corrected chi connectivity index (χ3v) is 8.83. The number of carbonyl (C=O) groups is 3. The molecule has 11 nitrogen and oxygen atoms in total. The van der Waals surface area contributed by atoms with Gasteiger partial charge in [0, 0.05) is 17.0 Å². The number of aromatic nitrogens is 2. The van der Waals surface area contributed by atoms with Crippen LogP contribution in [-0.4, -0.2) is 46.7 Å². The molecule has 3 atom stereocenters. The van der Waals surface area contributed by atoms with Crippen LogP contribution in [0.25, 0.3) is 22.3 Å². The van der Waals surface area contributed by atoms with E-state index in [0.717, 1.165) is 22.1 Å². The zero-order chi connectivity index (χ0) is 30.6. The molecule has 0 bridgehead atoms. The minimum absolute atomic E-state index is 0.0551. The molecule has 2 amide bonds. The van der Waals surface area contributed by atoms with Crippen LogP contribution in [0.5, 0.6) is 0 Å². The molecular formula is C31H34FN5O6. The molecule has 2 aromatic heterocycles. The molecule has 1 unspecified atom stereocenters. The van der Waals surface area contributed by atoms with Crippen molar-refractivity contribution < 1.29 is 28.2 Å². The molecule has 1 aliphatic carbocycles. The number of carbonyl (C=O) groups excluding carboxylic acids is 3. The lowest BCUT2D eigenvalue weighted by Crippen LogP contribution is -2.36. The lowest BCUT2D eigenvalue weighted by atomic mass is 9.81. The number of amides is 2. The van der Waals surface area contributed by atoms with E-state index >= 15 is 4.39 Å². The Morgan fingerprint density at radius 3 is 2.77 bits per heavy atom. The zero-order valence-electron chi connectivity index (χ0n) is 24.3. The third kappa shape index (κ3) is 4.88. The van der Waals surface area contributed by atoms with Crippen molar-refractivity contribution in [3.63, 3.8) is 0 Å². The van der Waals surface area contributed by atoms with E-state index in [2.05, 4.69) is 10.6 Å². The maximum atomic E-state index is 15.1. The molecule has 43 heavy (non-hydrogen) atoms. The molecule has 0 spiro atoms. The smallest absolute Gasteiger partial charge is 0.313 e. The zero-order valence-corrected chi connectivity index (χ0v) is 24.3. The molecule has 6 rings (SSSR count). The summed E-state index contributed by atoms with van der Waals surface area (Å²) in [6, 6.07) is 2.87. The fourth-order valence-corrected chi connectivity index (χ4v) is 6.63. The summed E-state index contributed by atoms with van der Waals surface area (Å²) in [6.07, 6.45) is 1.16. The predicted octanol–water partition coefficient (Wildman–Crippen LogP) is 2.35. The second kappa shape index (κ2) is 11.2. The van der Waals surface area contributed by atoms with Gasteiger partial charge in [-0.15, -0.1) is 0 Å². The minimum Gasteiger partial charge on any atom is -0.460 e. The number of nitrogens with two attached hydrogens (primary N) is 1. The van der Waals surface area contributed by atoms with E-state index in [1.807, 2.05) is 13.0 Å². The van der Waals surface area contributed by atoms with Crippen LogP contribution in [0.3, 0.4) is 0 Å². The molecule has 0 saturated heterocycles. The largest absolute Gasteiger partial charge is 0.460 e. The van der Waals surface area contributed by atoms with E-state index in [1.54, 1.807) is 18.4 Å². The highest BCUT2D eigenvalue weighted by Gasteiger charge is 2.37. The van der Waals surface area contributed by atoms with Gasteiger partial charge < -0.3 is 30.4 Å². The average molecular weight is 592 g/mol. The van der Waals surface area contributed by atoms with Crippen LogP contribution in [0.4, 0.5) is 4.39 Å². The molecule has 12 heteroatoms. The lowest BCUT2D eigenvalue weighted by molar-refractivity contribution is -0.148. The number of pyridine rings is 2. The Bertz CT molecular complexity index is 1750. The quantitative estimate of drug-likeness (QED) is 0.208. The highest BCUT2D eigenvalue weighted by Crippen LogP contribution is 2.45. The number of hydrogen-bond donors (Lipinski definition) is 3. The second-order valence-electron chi connectivity index (χ2n) is 11.4. The van der Waals surface area contributed by atoms with Gasteiger partial charge in [-0.25, -0.2) is 9.37 Å². The van der Waals surface area contributed by atoms with E-state index in [1.165, 1.54) is 6.07 Å². The molecule has 0 fully saturated rings. The van der Waals surface area contributed by atoms with Gasteiger partial charge >= 0.3 is 5.97 Å². The fraction of sp³-hybridized carbons (Fsp3) is 0.452. The van der Waals surface area contributed by atoms with Crippen molar-refractivity contribution in [2.24, 2.45) is 5.73 Å². The number of aryl methyl sites for hydroxylation is 1. The highest BCUT2D eigenvalue weighted by atomic mass is 19.1. The van der Waals surface area contributed by atoms with Crippen LogP contribution in [0.1, 0.15) is 78.5 Å². The van der Waals surface area contributed by atoms with Crippen molar-refractivity contribution in [1.82, 2.24) is 20.2 Å². The van der Waals surface area contributed by atoms with Crippen LogP contribution in [-0.2, 0) is 43.4 Å². The van der Waals surface area contributed by atoms with Crippen molar-refractivity contribution in [3.05, 3.63) is 61.7 Å². The number of fused-ring (bicyclic) bond motifs is 5. The molecule has 3 aliphatic rings. The number of cyclic esters (lactones) is 1. The summed E-state index contributed by atoms with van der Waals surface area (Å²) in [4.78, 5) is 55.7. The summed E-state index contributed by atoms with van der Waals surface area (Å²) in [7, 11) is 0. The number of halogens is 1. The molecule has 226 valence electrons. The predicted molar refractivity (Wildman–Crippen MR) is 154 cm³/mol. The first kappa shape index (κ1) is 28.9. The Balaban J connectivity index is 1.40. The molecular weight excluding hydrogens is 557 g/mol. The van der Waals surface area contributed by atoms with Gasteiger partial charge in [-0.3, -0.25) is 19.2 Å². The molecule has 2 aliphatic heterocycles. The summed E-state index contributed by atoms with van der Waals surface area (Å²) in [5.41, 5.74) is 10.8. The average Bonchev–Trinajstić information content (AvgIpc) is 3.34. The topological polar surface area (TPSA) is 155 Å². The Morgan fingerprint density at radius 2 is 2.02 bits per heavy atom. The normalized spacial score (nSPS) is 18.9. The SMILES string of the molecule is CC[C@H]1C(=O)OCc2c1cc1n(c2=O)Cc2c-1nc1cc(F)c(C)c3c1c2[C@@H](NC(=O)CC(C)OCNC(=O)CN)CC3. The van der Waals surface area contributed by atoms with Crippen LogP contribution in [0.2, 0.25) is 0 Å². The van der Waals surface area contributed by atoms with Crippen molar-refractivity contribution in [2.45, 2.75) is 77.7 Å². The van der Waals surface area contributed by atoms with E-state index in [9.17, 15) is 19.2 Å². The van der Waals surface area contributed by atoms with Gasteiger partial charge in [-0.05, 0) is 61.4 Å². The molecule has 0 radical (unpaired) electrons. The number of esters is 1. The fourth-order valence-electron chi connectivity index (χ4n) is 6.63. The van der Waals surface area contributed by atoms with E-state index in [0.29, 0.717) is 52.9 Å². The van der Waals surface area contributed by atoms with Gasteiger partial charge in [-0.2, -0.15) is 0 Å². The standard InChI is InChI=1S/C31H34FN5O6/c1-4-16-18-8-24-29-19(11-37(24)30(40)20(18)12-42-31(16)41)28-22(35-25(38)7-14(2)43-13-34-26(39)10-33)6-5-17-15(3)21(32)9-23(36-29)27(17)28/h8-9,14,16,22H,4-7,10-13,33H2,1-3H3,(H,34,39)(H,35,38)/t14?,16-,22+/m1/s1. The molecule has 3 aromatic rings. The number of nitrogens with zero attached hydrogens (tertiary/aromatic N) is 2. The van der Waals surface area contributed by atoms with Crippen molar-refractivity contribution in [3.8, 4) is 11.4 Å². The number of ether oxygens (including phenoxy) is 2. The number of nitrogens with one attached hydrogen (secondary N) is 2. The Morgan fingerprint density at radius 1 is 1.23 bits per heavy atom. The number of hydrogen-bond acceptors (Lipinski definition) is 8. The van der Waals surface area contributed by atoms with Crippen molar-refractivity contribution in [1.29, 1.82) is 0 Å². The van der Waals surface area contributed by atoms with Crippen LogP contribution in [0, 0.1) is 12.7 Å². The van der Waals surface area contributed by atoms with Crippen LogP contribution >= 0.6 is 0 Å². The molecule has 4 N–H and O–H groups in total. The van der Waals surface area contributed by atoms with E-state index in [4.69, 9.17) is 20.2 Å². The van der Waals surface area contributed by atoms with E-state index in [-0.39, 0.29) is 62.0 Å². The number of benzene rings is 1. The summed E-state index contributed by atoms with van der Waals surface area (Å²) < 4.78 is 27.6. The first-order valence-corrected chi connectivity index (χ1v) is 14.6. The Labute approximate surface area is 246 Å². The first-order chi connectivity index (χ1) is 20.6. The second-order valence-corrected chi connectivity index (χ2v) is 11.4. The maximum absolute atomic E-state index is 15.1. The third-order valence-electron chi connectivity index (χ3n) is 8.83. The van der Waals surface area contributed by atoms with Gasteiger partial charge in [0.2, 0.25) is 11.8 Å². The lowest BCUT2D eigenvalue weighted by Gasteiger charge is -2.30. The summed E-state index contributed by atoms with van der Waals surface area (Å²) >= 11 is 0. The van der Waals surface area contributed by atoms with Crippen molar-refractivity contribution in [2.75, 3.05) is 13.3 Å². The molecule has 1 aromatic carbocycles. The van der Waals surface area contributed by atoms with Gasteiger partial charge in [0.25, 0.3) is 5.56 Å². The monoisotopic (exact) mass is 591 g/mol. The number of rotatable bonds is 8. The minimum atomic E-state index is -0.545. The van der Waals surface area contributed by atoms with E-state index < -0.39 is 18.1 Å². The summed E-state index contributed by atoms with van der Waals surface area (Å²) in [5.74, 6) is -1.86. The van der Waals surface area contributed by atoms with Crippen LogP contribution in [0.15, 0.2) is 16.9 Å². The van der Waals surface area contributed by atoms with Gasteiger partial charge in [-0.1, -0.05) is 6.92 Å². The van der Waals surface area contributed by atoms with Gasteiger partial charge in [0.1, 0.15) is 19.2 Å². The van der Waals surface area contributed by atoms with Crippen molar-refractivity contribution >= 4 is 28.7 Å². The molecule has 0 saturated carbocycles. The molecule has 4 heterocycles. The van der Waals surface area contributed by atoms with Crippen LogP contribution < -0.4 is 21.9 Å². The van der Waals surface area contributed by atoms with Gasteiger partial charge in [0.15, 0.2) is 0 Å². The first-order valence-electron chi connectivity index (χ1n) is 14.6. The summed E-state index contributed by atoms with van der Waals surface area (Å²) in [5, 5.41) is 6.46. The Hall–Kier alpha value is -4.16. The summed E-state index contributed by atoms with van der Waals surface area (Å²) in [6.45, 7) is 5.31. The Kier molecular flexibility index (Phi) is 7.51. The highest BCUT2D eigenvalue weighted by molar-refractivity contribution is 5.93. The van der Waals surface area contributed by atoms with Gasteiger partial charge in [0.05, 0.1) is 60.0 Å².